The van der Waals surface area contributed by atoms with Crippen LogP contribution in [0.2, 0.25) is 0 Å². The van der Waals surface area contributed by atoms with E-state index in [0.717, 1.165) is 5.82 Å². The Morgan fingerprint density at radius 1 is 1.56 bits per heavy atom. The number of aromatic amines is 1. The Labute approximate surface area is 107 Å². The van der Waals surface area contributed by atoms with Crippen LogP contribution < -0.4 is 5.32 Å². The van der Waals surface area contributed by atoms with Crippen LogP contribution >= 0.6 is 0 Å². The molecule has 2 atom stereocenters. The summed E-state index contributed by atoms with van der Waals surface area (Å²) in [7, 11) is 0. The average molecular weight is 252 g/mol. The Morgan fingerprint density at radius 2 is 2.28 bits per heavy atom. The number of amides is 2. The van der Waals surface area contributed by atoms with Crippen LogP contribution in [0.4, 0.5) is 4.79 Å². The average Bonchev–Trinajstić information content (AvgIpc) is 2.80. The molecule has 100 valence electrons. The summed E-state index contributed by atoms with van der Waals surface area (Å²) in [5.74, 6) is 0.888. The number of H-pyrrole nitrogens is 1. The summed E-state index contributed by atoms with van der Waals surface area (Å²) in [4.78, 5) is 20.9. The number of carbonyl (C=O) groups excluding carboxylic acids is 1. The summed E-state index contributed by atoms with van der Waals surface area (Å²) >= 11 is 0. The van der Waals surface area contributed by atoms with E-state index < -0.39 is 0 Å². The molecule has 0 radical (unpaired) electrons. The van der Waals surface area contributed by atoms with Crippen LogP contribution in [0.1, 0.15) is 19.7 Å². The van der Waals surface area contributed by atoms with Gasteiger partial charge in [0.2, 0.25) is 0 Å². The van der Waals surface area contributed by atoms with Gasteiger partial charge in [0.1, 0.15) is 5.82 Å². The predicted molar refractivity (Wildman–Crippen MR) is 67.3 cm³/mol. The van der Waals surface area contributed by atoms with Crippen molar-refractivity contribution in [2.75, 3.05) is 19.6 Å². The first-order valence-electron chi connectivity index (χ1n) is 6.31. The molecular formula is C12H20N4O2. The molecule has 18 heavy (non-hydrogen) atoms. The Kier molecular flexibility index (Phi) is 4.19. The van der Waals surface area contributed by atoms with E-state index in [0.29, 0.717) is 26.1 Å². The van der Waals surface area contributed by atoms with E-state index in [4.69, 9.17) is 4.74 Å². The van der Waals surface area contributed by atoms with Crippen molar-refractivity contribution in [1.29, 1.82) is 0 Å². The van der Waals surface area contributed by atoms with Crippen LogP contribution in [0, 0.1) is 0 Å². The van der Waals surface area contributed by atoms with Gasteiger partial charge >= 0.3 is 6.03 Å². The molecule has 0 aliphatic carbocycles. The van der Waals surface area contributed by atoms with Crippen LogP contribution in [0.3, 0.4) is 0 Å². The van der Waals surface area contributed by atoms with Gasteiger partial charge in [-0.1, -0.05) is 0 Å². The van der Waals surface area contributed by atoms with Crippen molar-refractivity contribution in [3.8, 4) is 0 Å². The van der Waals surface area contributed by atoms with Crippen molar-refractivity contribution in [2.24, 2.45) is 0 Å². The third-order valence-corrected chi connectivity index (χ3v) is 2.90. The van der Waals surface area contributed by atoms with E-state index in [1.54, 1.807) is 17.3 Å². The molecule has 2 amide bonds. The number of morpholine rings is 1. The molecule has 1 aliphatic rings. The molecule has 2 rings (SSSR count). The number of rotatable bonds is 3. The van der Waals surface area contributed by atoms with Gasteiger partial charge in [-0.05, 0) is 13.8 Å². The zero-order valence-corrected chi connectivity index (χ0v) is 10.8. The maximum atomic E-state index is 11.9. The summed E-state index contributed by atoms with van der Waals surface area (Å²) in [5.41, 5.74) is 0. The van der Waals surface area contributed by atoms with Gasteiger partial charge in [-0.2, -0.15) is 0 Å². The third kappa shape index (κ3) is 3.46. The first-order valence-corrected chi connectivity index (χ1v) is 6.31. The topological polar surface area (TPSA) is 70.2 Å². The third-order valence-electron chi connectivity index (χ3n) is 2.90. The van der Waals surface area contributed by atoms with Crippen molar-refractivity contribution in [1.82, 2.24) is 20.2 Å². The minimum Gasteiger partial charge on any atom is -0.372 e. The molecule has 1 saturated heterocycles. The number of hydrogen-bond donors (Lipinski definition) is 2. The summed E-state index contributed by atoms with van der Waals surface area (Å²) in [6, 6.07) is -0.0245. The van der Waals surface area contributed by atoms with E-state index >= 15 is 0 Å². The predicted octanol–water partition coefficient (Wildman–Crippen LogP) is 0.771. The van der Waals surface area contributed by atoms with Gasteiger partial charge in [0.05, 0.1) is 12.2 Å². The normalized spacial score (nSPS) is 24.0. The fourth-order valence-corrected chi connectivity index (χ4v) is 2.18. The van der Waals surface area contributed by atoms with E-state index in [1.807, 2.05) is 13.8 Å². The Hall–Kier alpha value is -1.56. The molecular weight excluding hydrogens is 232 g/mol. The Bertz CT molecular complexity index is 369. The summed E-state index contributed by atoms with van der Waals surface area (Å²) < 4.78 is 5.59. The van der Waals surface area contributed by atoms with Crippen LogP contribution in [-0.2, 0) is 11.2 Å². The second-order valence-corrected chi connectivity index (χ2v) is 4.68. The molecule has 1 aromatic rings. The molecule has 0 aromatic carbocycles. The molecule has 0 spiro atoms. The Balaban J connectivity index is 1.74. The van der Waals surface area contributed by atoms with E-state index in [1.165, 1.54) is 0 Å². The molecule has 6 nitrogen and oxygen atoms in total. The molecule has 0 unspecified atom stereocenters. The highest BCUT2D eigenvalue weighted by Crippen LogP contribution is 2.10. The lowest BCUT2D eigenvalue weighted by atomic mass is 10.2. The Morgan fingerprint density at radius 3 is 2.89 bits per heavy atom. The summed E-state index contributed by atoms with van der Waals surface area (Å²) in [6.45, 7) is 5.86. The fraction of sp³-hybridized carbons (Fsp3) is 0.667. The lowest BCUT2D eigenvalue weighted by molar-refractivity contribution is -0.0544. The number of ether oxygens (including phenoxy) is 1. The van der Waals surface area contributed by atoms with Gasteiger partial charge in [-0.3, -0.25) is 0 Å². The maximum Gasteiger partial charge on any atom is 0.317 e. The standard InChI is InChI=1S/C12H20N4O2/c1-9-7-16(8-10(2)18-9)12(17)15-4-3-11-13-5-6-14-11/h5-6,9-10H,3-4,7-8H2,1-2H3,(H,13,14)(H,15,17)/t9-,10+. The molecule has 2 heterocycles. The SMILES string of the molecule is C[C@@H]1CN(C(=O)NCCc2ncc[nH]2)C[C@H](C)O1. The summed E-state index contributed by atoms with van der Waals surface area (Å²) in [5, 5.41) is 2.90. The minimum atomic E-state index is -0.0245. The van der Waals surface area contributed by atoms with Crippen LogP contribution in [0.5, 0.6) is 0 Å². The lowest BCUT2D eigenvalue weighted by Crippen LogP contribution is -2.51. The fourth-order valence-electron chi connectivity index (χ4n) is 2.18. The second-order valence-electron chi connectivity index (χ2n) is 4.68. The van der Waals surface area contributed by atoms with Gasteiger partial charge in [0, 0.05) is 38.4 Å². The van der Waals surface area contributed by atoms with Crippen molar-refractivity contribution in [2.45, 2.75) is 32.5 Å². The van der Waals surface area contributed by atoms with E-state index in [-0.39, 0.29) is 18.2 Å². The highest BCUT2D eigenvalue weighted by atomic mass is 16.5. The first-order chi connectivity index (χ1) is 8.65. The molecule has 1 fully saturated rings. The van der Waals surface area contributed by atoms with E-state index in [2.05, 4.69) is 15.3 Å². The monoisotopic (exact) mass is 252 g/mol. The van der Waals surface area contributed by atoms with Gasteiger partial charge in [0.15, 0.2) is 0 Å². The van der Waals surface area contributed by atoms with Crippen molar-refractivity contribution in [3.63, 3.8) is 0 Å². The molecule has 0 bridgehead atoms. The number of aromatic nitrogens is 2. The maximum absolute atomic E-state index is 11.9. The highest BCUT2D eigenvalue weighted by Gasteiger charge is 2.25. The van der Waals surface area contributed by atoms with Gasteiger partial charge in [-0.15, -0.1) is 0 Å². The van der Waals surface area contributed by atoms with Crippen molar-refractivity contribution >= 4 is 6.03 Å². The van der Waals surface area contributed by atoms with E-state index in [9.17, 15) is 4.79 Å². The number of hydrogen-bond acceptors (Lipinski definition) is 3. The molecule has 1 aliphatic heterocycles. The van der Waals surface area contributed by atoms with Gasteiger partial charge < -0.3 is 19.9 Å². The molecule has 0 saturated carbocycles. The minimum absolute atomic E-state index is 0.0245. The quantitative estimate of drug-likeness (QED) is 0.835. The zero-order chi connectivity index (χ0) is 13.0. The van der Waals surface area contributed by atoms with Crippen LogP contribution in [-0.4, -0.2) is 52.7 Å². The second kappa shape index (κ2) is 5.86. The largest absolute Gasteiger partial charge is 0.372 e. The zero-order valence-electron chi connectivity index (χ0n) is 10.8. The van der Waals surface area contributed by atoms with Crippen molar-refractivity contribution < 1.29 is 9.53 Å². The van der Waals surface area contributed by atoms with Gasteiger partial charge in [0.25, 0.3) is 0 Å². The summed E-state index contributed by atoms with van der Waals surface area (Å²) in [6.07, 6.45) is 4.41. The number of imidazole rings is 1. The van der Waals surface area contributed by atoms with Crippen LogP contribution in [0.15, 0.2) is 12.4 Å². The lowest BCUT2D eigenvalue weighted by Gasteiger charge is -2.35. The molecule has 2 N–H and O–H groups in total. The molecule has 1 aromatic heterocycles. The smallest absolute Gasteiger partial charge is 0.317 e. The number of carbonyl (C=O) groups is 1. The number of urea groups is 1. The highest BCUT2D eigenvalue weighted by molar-refractivity contribution is 5.74. The van der Waals surface area contributed by atoms with Crippen molar-refractivity contribution in [3.05, 3.63) is 18.2 Å². The van der Waals surface area contributed by atoms with Gasteiger partial charge in [-0.25, -0.2) is 9.78 Å². The van der Waals surface area contributed by atoms with Crippen LogP contribution in [0.25, 0.3) is 0 Å². The first kappa shape index (κ1) is 12.9. The number of nitrogens with one attached hydrogen (secondary N) is 2. The molecule has 6 heteroatoms. The number of nitrogens with zero attached hydrogens (tertiary/aromatic N) is 2.